The average Bonchev–Trinajstić information content (AvgIpc) is 3.22. The van der Waals surface area contributed by atoms with E-state index in [4.69, 9.17) is 9.72 Å². The van der Waals surface area contributed by atoms with Crippen LogP contribution in [-0.4, -0.2) is 53.3 Å². The number of carboxylic acids is 1. The molecule has 30 heavy (non-hydrogen) atoms. The molecule has 0 bridgehead atoms. The standard InChI is InChI=1S/C23H28N4O3/c28-23(29)21(18-6-3-11-24-15-18)27-13-10-20(16-27)30-14-2-1-7-19-9-8-17-5-4-12-25-22(17)26-19/h3,6,8-9,11,20-21H,1-2,4-5,7,10,12-14,16H2,(H-,25,26,28,29)/p+1. The first-order chi connectivity index (χ1) is 14.7. The Morgan fingerprint density at radius 1 is 1.40 bits per heavy atom. The molecule has 2 unspecified atom stereocenters. The van der Waals surface area contributed by atoms with Crippen molar-refractivity contribution in [1.29, 1.82) is 0 Å². The summed E-state index contributed by atoms with van der Waals surface area (Å²) in [5.41, 5.74) is 3.05. The van der Waals surface area contributed by atoms with E-state index in [-0.39, 0.29) is 6.10 Å². The fraction of sp³-hybridized carbons (Fsp3) is 0.522. The Bertz CT molecular complexity index is 846. The van der Waals surface area contributed by atoms with Crippen LogP contribution >= 0.6 is 0 Å². The average molecular weight is 410 g/mol. The predicted octanol–water partition coefficient (Wildman–Crippen LogP) is 2.08. The molecule has 2 atom stereocenters. The molecule has 4 rings (SSSR count). The van der Waals surface area contributed by atoms with Crippen LogP contribution in [0.15, 0.2) is 30.5 Å². The van der Waals surface area contributed by atoms with Gasteiger partial charge >= 0.3 is 18.4 Å². The maximum absolute atomic E-state index is 11.8. The van der Waals surface area contributed by atoms with E-state index in [2.05, 4.69) is 28.6 Å². The zero-order chi connectivity index (χ0) is 20.8. The second-order valence-electron chi connectivity index (χ2n) is 8.02. The molecule has 2 aromatic rings. The number of aryl methyl sites for hydroxylation is 2. The molecule has 0 amide bonds. The van der Waals surface area contributed by atoms with E-state index in [9.17, 15) is 9.90 Å². The van der Waals surface area contributed by atoms with Crippen LogP contribution in [0, 0.1) is 6.20 Å². The van der Waals surface area contributed by atoms with Gasteiger partial charge in [-0.2, -0.15) is 0 Å². The van der Waals surface area contributed by atoms with Crippen molar-refractivity contribution in [3.8, 4) is 0 Å². The summed E-state index contributed by atoms with van der Waals surface area (Å²) in [6, 6.07) is 7.15. The van der Waals surface area contributed by atoms with Crippen LogP contribution in [0.3, 0.4) is 0 Å². The van der Waals surface area contributed by atoms with Crippen LogP contribution in [-0.2, 0) is 22.4 Å². The highest BCUT2D eigenvalue weighted by molar-refractivity contribution is 5.75. The SMILES string of the molecule is O=C(O)C(c1c#[n+]ccc1)N1CCC(OCCCCc2ccc3c(n2)NCCC3)C1. The molecule has 2 aromatic heterocycles. The predicted molar refractivity (Wildman–Crippen MR) is 111 cm³/mol. The molecule has 4 heterocycles. The van der Waals surface area contributed by atoms with E-state index in [1.807, 2.05) is 4.90 Å². The van der Waals surface area contributed by atoms with Gasteiger partial charge < -0.3 is 15.2 Å². The number of fused-ring (bicyclic) bond motifs is 1. The van der Waals surface area contributed by atoms with E-state index in [0.717, 1.165) is 50.2 Å². The highest BCUT2D eigenvalue weighted by Gasteiger charge is 2.35. The lowest BCUT2D eigenvalue weighted by molar-refractivity contribution is -0.294. The quantitative estimate of drug-likeness (QED) is 0.613. The number of carbonyl (C=O) groups is 1. The Morgan fingerprint density at radius 3 is 3.17 bits per heavy atom. The van der Waals surface area contributed by atoms with Crippen LogP contribution in [0.5, 0.6) is 0 Å². The Morgan fingerprint density at radius 2 is 2.33 bits per heavy atom. The molecule has 1 fully saturated rings. The number of rotatable bonds is 9. The molecular weight excluding hydrogens is 380 g/mol. The summed E-state index contributed by atoms with van der Waals surface area (Å²) < 4.78 is 6.03. The van der Waals surface area contributed by atoms with E-state index < -0.39 is 12.0 Å². The minimum absolute atomic E-state index is 0.0783. The van der Waals surface area contributed by atoms with Crippen LogP contribution in [0.2, 0.25) is 0 Å². The normalized spacial score (nSPS) is 19.5. The van der Waals surface area contributed by atoms with Crippen molar-refractivity contribution in [1.82, 2.24) is 9.88 Å². The molecule has 0 radical (unpaired) electrons. The Balaban J connectivity index is 1.19. The van der Waals surface area contributed by atoms with Gasteiger partial charge in [0.05, 0.1) is 6.10 Å². The fourth-order valence-electron chi connectivity index (χ4n) is 4.27. The van der Waals surface area contributed by atoms with Crippen molar-refractivity contribution in [2.45, 2.75) is 50.7 Å². The number of aliphatic carboxylic acids is 1. The third-order valence-corrected chi connectivity index (χ3v) is 5.83. The largest absolute Gasteiger partial charge is 0.480 e. The number of ether oxygens (including phenoxy) is 1. The smallest absolute Gasteiger partial charge is 0.326 e. The van der Waals surface area contributed by atoms with Crippen molar-refractivity contribution >= 4 is 11.8 Å². The number of hydrogen-bond acceptors (Lipinski definition) is 5. The third-order valence-electron chi connectivity index (χ3n) is 5.83. The number of pyridine rings is 1. The number of nitrogens with one attached hydrogen (secondary N) is 1. The maximum atomic E-state index is 11.8. The minimum Gasteiger partial charge on any atom is -0.480 e. The number of hydrogen-bond donors (Lipinski definition) is 2. The van der Waals surface area contributed by atoms with Crippen molar-refractivity contribution < 1.29 is 19.6 Å². The second kappa shape index (κ2) is 9.88. The number of unbranched alkanes of at least 4 members (excludes halogenated alkanes) is 1. The van der Waals surface area contributed by atoms with Gasteiger partial charge in [0.2, 0.25) is 0 Å². The molecule has 0 aliphatic carbocycles. The highest BCUT2D eigenvalue weighted by Crippen LogP contribution is 2.25. The lowest BCUT2D eigenvalue weighted by Crippen LogP contribution is -2.33. The van der Waals surface area contributed by atoms with E-state index >= 15 is 0 Å². The Kier molecular flexibility index (Phi) is 6.77. The molecule has 2 N–H and O–H groups in total. The van der Waals surface area contributed by atoms with Gasteiger partial charge in [-0.3, -0.25) is 9.69 Å². The zero-order valence-corrected chi connectivity index (χ0v) is 17.2. The van der Waals surface area contributed by atoms with E-state index in [0.29, 0.717) is 25.3 Å². The summed E-state index contributed by atoms with van der Waals surface area (Å²) in [7, 11) is 0. The summed E-state index contributed by atoms with van der Waals surface area (Å²) in [4.78, 5) is 22.4. The summed E-state index contributed by atoms with van der Waals surface area (Å²) >= 11 is 0. The number of nitrogens with zero attached hydrogens (tertiary/aromatic N) is 3. The van der Waals surface area contributed by atoms with Gasteiger partial charge in [0.15, 0.2) is 0 Å². The number of carboxylic acid groups (broad SMARTS) is 1. The summed E-state index contributed by atoms with van der Waals surface area (Å²) in [6.07, 6.45) is 10.6. The fourth-order valence-corrected chi connectivity index (χ4v) is 4.27. The van der Waals surface area contributed by atoms with Gasteiger partial charge in [-0.25, -0.2) is 4.98 Å². The van der Waals surface area contributed by atoms with E-state index in [1.54, 1.807) is 18.3 Å². The molecule has 7 nitrogen and oxygen atoms in total. The summed E-state index contributed by atoms with van der Waals surface area (Å²) in [5, 5.41) is 13.0. The molecule has 158 valence electrons. The third kappa shape index (κ3) is 5.07. The maximum Gasteiger partial charge on any atom is 0.326 e. The van der Waals surface area contributed by atoms with Crippen LogP contribution in [0.1, 0.15) is 48.5 Å². The number of aromatic nitrogens is 2. The lowest BCUT2D eigenvalue weighted by atomic mass is 10.1. The molecular formula is C23H29N4O3+. The van der Waals surface area contributed by atoms with Gasteiger partial charge in [0, 0.05) is 38.0 Å². The number of likely N-dealkylation sites (tertiary alicyclic amines) is 1. The lowest BCUT2D eigenvalue weighted by Gasteiger charge is -2.22. The van der Waals surface area contributed by atoms with Gasteiger partial charge in [-0.15, -0.1) is 0 Å². The van der Waals surface area contributed by atoms with Crippen molar-refractivity contribution in [2.24, 2.45) is 0 Å². The topological polar surface area (TPSA) is 88.8 Å². The Hall–Kier alpha value is -2.69. The first-order valence-corrected chi connectivity index (χ1v) is 10.8. The van der Waals surface area contributed by atoms with Crippen molar-refractivity contribution in [2.75, 3.05) is 31.6 Å². The minimum atomic E-state index is -0.869. The molecule has 0 saturated carbocycles. The second-order valence-corrected chi connectivity index (χ2v) is 8.02. The molecule has 7 heteroatoms. The molecule has 1 saturated heterocycles. The van der Waals surface area contributed by atoms with Crippen molar-refractivity contribution in [3.63, 3.8) is 0 Å². The number of anilines is 1. The van der Waals surface area contributed by atoms with Crippen LogP contribution < -0.4 is 10.3 Å². The Labute approximate surface area is 177 Å². The highest BCUT2D eigenvalue weighted by atomic mass is 16.5. The molecule has 2 aliphatic rings. The van der Waals surface area contributed by atoms with Crippen molar-refractivity contribution in [3.05, 3.63) is 53.5 Å². The summed E-state index contributed by atoms with van der Waals surface area (Å²) in [6.45, 7) is 3.03. The molecule has 0 spiro atoms. The van der Waals surface area contributed by atoms with Gasteiger partial charge in [-0.1, -0.05) is 6.07 Å². The van der Waals surface area contributed by atoms with Gasteiger partial charge in [0.25, 0.3) is 0 Å². The first kappa shape index (κ1) is 20.6. The van der Waals surface area contributed by atoms with Gasteiger partial charge in [-0.05, 0) is 61.2 Å². The van der Waals surface area contributed by atoms with E-state index in [1.165, 1.54) is 12.0 Å². The summed E-state index contributed by atoms with van der Waals surface area (Å²) in [5.74, 6) is 0.187. The molecule has 2 aliphatic heterocycles. The monoisotopic (exact) mass is 409 g/mol. The van der Waals surface area contributed by atoms with Gasteiger partial charge in [0.1, 0.15) is 17.4 Å². The molecule has 0 aromatic carbocycles. The van der Waals surface area contributed by atoms with Crippen LogP contribution in [0.4, 0.5) is 5.82 Å². The first-order valence-electron chi connectivity index (χ1n) is 10.8. The van der Waals surface area contributed by atoms with Crippen LogP contribution in [0.25, 0.3) is 0 Å². The zero-order valence-electron chi connectivity index (χ0n) is 17.2.